The average Bonchev–Trinajstić information content (AvgIpc) is 2.93. The molecule has 0 saturated carbocycles. The molecule has 1 aliphatic carbocycles. The molecule has 1 unspecified atom stereocenters. The minimum atomic E-state index is -0.434. The fourth-order valence-corrected chi connectivity index (χ4v) is 3.14. The molecule has 0 spiro atoms. The molecular formula is C17H19FN4O. The quantitative estimate of drug-likeness (QED) is 0.391. The number of halogens is 1. The highest BCUT2D eigenvalue weighted by molar-refractivity contribution is 5.94. The van der Waals surface area contributed by atoms with Crippen LogP contribution in [0.25, 0.3) is 0 Å². The number of amides is 1. The molecule has 0 aromatic heterocycles. The number of fused-ring (bicyclic) bond motifs is 1. The maximum atomic E-state index is 13.3. The topological polar surface area (TPSA) is 93.2 Å². The molecule has 0 aliphatic heterocycles. The molecule has 23 heavy (non-hydrogen) atoms. The first-order chi connectivity index (χ1) is 11.1. The van der Waals surface area contributed by atoms with E-state index in [2.05, 4.69) is 10.7 Å². The summed E-state index contributed by atoms with van der Waals surface area (Å²) in [5.41, 5.74) is 11.0. The van der Waals surface area contributed by atoms with E-state index in [1.807, 2.05) is 24.3 Å². The molecule has 0 fully saturated rings. The number of hydrogen-bond donors (Lipinski definition) is 4. The third-order valence-corrected chi connectivity index (χ3v) is 4.28. The van der Waals surface area contributed by atoms with Crippen molar-refractivity contribution >= 4 is 5.91 Å². The van der Waals surface area contributed by atoms with Gasteiger partial charge in [0.1, 0.15) is 5.82 Å². The van der Waals surface area contributed by atoms with Crippen LogP contribution in [0.5, 0.6) is 0 Å². The van der Waals surface area contributed by atoms with Crippen LogP contribution in [0.1, 0.15) is 39.9 Å². The van der Waals surface area contributed by atoms with Crippen LogP contribution in [-0.2, 0) is 0 Å². The van der Waals surface area contributed by atoms with Crippen LogP contribution >= 0.6 is 0 Å². The minimum Gasteiger partial charge on any atom is -0.345 e. The van der Waals surface area contributed by atoms with Gasteiger partial charge in [0.15, 0.2) is 0 Å². The summed E-state index contributed by atoms with van der Waals surface area (Å²) in [6.45, 7) is 0. The van der Waals surface area contributed by atoms with E-state index < -0.39 is 12.0 Å². The largest absolute Gasteiger partial charge is 0.345 e. The fraction of sp³-hybridized carbons (Fsp3) is 0.235. The first-order valence-corrected chi connectivity index (χ1v) is 7.47. The number of carbonyl (C=O) groups is 1. The summed E-state index contributed by atoms with van der Waals surface area (Å²) in [4.78, 5) is 12.4. The summed E-state index contributed by atoms with van der Waals surface area (Å²) >= 11 is 0. The van der Waals surface area contributed by atoms with Crippen molar-refractivity contribution in [3.05, 3.63) is 71.0 Å². The van der Waals surface area contributed by atoms with Crippen LogP contribution in [-0.4, -0.2) is 12.1 Å². The standard InChI is InChI=1S/C17H19FN4O/c18-11-5-3-4-10(8-11)17(23)21-15-9-14(16(19)22-20)12-6-1-2-7-13(12)15/h1-8,14-16,22H,9,19-20H2,(H,21,23)/t14-,15+,16?/m0/s1. The summed E-state index contributed by atoms with van der Waals surface area (Å²) in [7, 11) is 0. The van der Waals surface area contributed by atoms with Crippen LogP contribution in [0.3, 0.4) is 0 Å². The van der Waals surface area contributed by atoms with Gasteiger partial charge in [-0.3, -0.25) is 10.6 Å². The third-order valence-electron chi connectivity index (χ3n) is 4.28. The number of nitrogens with two attached hydrogens (primary N) is 2. The Morgan fingerprint density at radius 2 is 1.91 bits per heavy atom. The molecule has 3 rings (SSSR count). The lowest BCUT2D eigenvalue weighted by atomic mass is 9.99. The lowest BCUT2D eigenvalue weighted by molar-refractivity contribution is 0.0934. The van der Waals surface area contributed by atoms with Crippen LogP contribution < -0.4 is 22.3 Å². The van der Waals surface area contributed by atoms with Gasteiger partial charge in [-0.05, 0) is 35.7 Å². The van der Waals surface area contributed by atoms with Crippen molar-refractivity contribution in [3.8, 4) is 0 Å². The molecule has 1 amide bonds. The van der Waals surface area contributed by atoms with E-state index in [0.717, 1.165) is 11.1 Å². The predicted octanol–water partition coefficient (Wildman–Crippen LogP) is 1.53. The molecule has 0 bridgehead atoms. The first kappa shape index (κ1) is 15.6. The summed E-state index contributed by atoms with van der Waals surface area (Å²) in [6.07, 6.45) is 0.249. The molecule has 5 nitrogen and oxygen atoms in total. The van der Waals surface area contributed by atoms with Crippen LogP contribution in [0.4, 0.5) is 4.39 Å². The highest BCUT2D eigenvalue weighted by atomic mass is 19.1. The summed E-state index contributed by atoms with van der Waals surface area (Å²) < 4.78 is 13.3. The number of benzene rings is 2. The number of rotatable bonds is 4. The van der Waals surface area contributed by atoms with Crippen molar-refractivity contribution in [1.29, 1.82) is 0 Å². The molecule has 0 heterocycles. The summed E-state index contributed by atoms with van der Waals surface area (Å²) in [5.74, 6) is 4.73. The van der Waals surface area contributed by atoms with Crippen LogP contribution in [0.15, 0.2) is 48.5 Å². The zero-order valence-corrected chi connectivity index (χ0v) is 12.5. The predicted molar refractivity (Wildman–Crippen MR) is 85.7 cm³/mol. The van der Waals surface area contributed by atoms with Crippen LogP contribution in [0.2, 0.25) is 0 Å². The van der Waals surface area contributed by atoms with E-state index in [1.54, 1.807) is 6.07 Å². The van der Waals surface area contributed by atoms with E-state index in [9.17, 15) is 9.18 Å². The van der Waals surface area contributed by atoms with Crippen molar-refractivity contribution in [3.63, 3.8) is 0 Å². The second-order valence-electron chi connectivity index (χ2n) is 5.70. The van der Waals surface area contributed by atoms with Gasteiger partial charge >= 0.3 is 0 Å². The van der Waals surface area contributed by atoms with E-state index in [0.29, 0.717) is 12.0 Å². The van der Waals surface area contributed by atoms with E-state index in [-0.39, 0.29) is 17.9 Å². The molecule has 1 aliphatic rings. The van der Waals surface area contributed by atoms with Gasteiger partial charge < -0.3 is 11.1 Å². The second kappa shape index (κ2) is 6.45. The highest BCUT2D eigenvalue weighted by Gasteiger charge is 2.34. The summed E-state index contributed by atoms with van der Waals surface area (Å²) in [6, 6.07) is 13.3. The maximum absolute atomic E-state index is 13.3. The normalized spacial score (nSPS) is 20.8. The molecule has 3 atom stereocenters. The van der Waals surface area contributed by atoms with Gasteiger partial charge in [-0.2, -0.15) is 0 Å². The minimum absolute atomic E-state index is 0.00834. The Kier molecular flexibility index (Phi) is 4.38. The zero-order chi connectivity index (χ0) is 16.4. The number of nitrogens with one attached hydrogen (secondary N) is 2. The Balaban J connectivity index is 1.83. The van der Waals surface area contributed by atoms with E-state index >= 15 is 0 Å². The van der Waals surface area contributed by atoms with Gasteiger partial charge in [0.2, 0.25) is 0 Å². The van der Waals surface area contributed by atoms with Crippen molar-refractivity contribution in [1.82, 2.24) is 10.7 Å². The van der Waals surface area contributed by atoms with Crippen LogP contribution in [0, 0.1) is 5.82 Å². The fourth-order valence-electron chi connectivity index (χ4n) is 3.14. The van der Waals surface area contributed by atoms with Gasteiger partial charge in [-0.15, -0.1) is 0 Å². The van der Waals surface area contributed by atoms with Gasteiger partial charge in [0, 0.05) is 11.5 Å². The maximum Gasteiger partial charge on any atom is 0.251 e. The SMILES string of the molecule is NNC(N)[C@H]1C[C@@H](NC(=O)c2cccc(F)c2)c2ccccc21. The zero-order valence-electron chi connectivity index (χ0n) is 12.5. The molecular weight excluding hydrogens is 295 g/mol. The van der Waals surface area contributed by atoms with E-state index in [1.165, 1.54) is 18.2 Å². The van der Waals surface area contributed by atoms with Crippen molar-refractivity contribution in [2.45, 2.75) is 24.5 Å². The smallest absolute Gasteiger partial charge is 0.251 e. The lowest BCUT2D eigenvalue weighted by Crippen LogP contribution is -2.46. The molecule has 0 radical (unpaired) electrons. The van der Waals surface area contributed by atoms with Crippen molar-refractivity contribution in [2.75, 3.05) is 0 Å². The summed E-state index contributed by atoms with van der Waals surface area (Å²) in [5, 5.41) is 2.96. The molecule has 2 aromatic rings. The third kappa shape index (κ3) is 3.10. The number of hydrazine groups is 1. The molecule has 6 heteroatoms. The van der Waals surface area contributed by atoms with Crippen molar-refractivity contribution < 1.29 is 9.18 Å². The second-order valence-corrected chi connectivity index (χ2v) is 5.70. The monoisotopic (exact) mass is 314 g/mol. The molecule has 6 N–H and O–H groups in total. The lowest BCUT2D eigenvalue weighted by Gasteiger charge is -2.19. The number of carbonyl (C=O) groups excluding carboxylic acids is 1. The Morgan fingerprint density at radius 1 is 1.17 bits per heavy atom. The van der Waals surface area contributed by atoms with Crippen molar-refractivity contribution in [2.24, 2.45) is 11.6 Å². The Hall–Kier alpha value is -2.28. The highest BCUT2D eigenvalue weighted by Crippen LogP contribution is 2.41. The Labute approximate surface area is 133 Å². The first-order valence-electron chi connectivity index (χ1n) is 7.47. The molecule has 120 valence electrons. The van der Waals surface area contributed by atoms with Gasteiger partial charge in [0.05, 0.1) is 12.2 Å². The Bertz CT molecular complexity index is 721. The molecule has 2 aromatic carbocycles. The average molecular weight is 314 g/mol. The molecule has 0 saturated heterocycles. The van der Waals surface area contributed by atoms with Gasteiger partial charge in [0.25, 0.3) is 5.91 Å². The van der Waals surface area contributed by atoms with E-state index in [4.69, 9.17) is 11.6 Å². The van der Waals surface area contributed by atoms with Gasteiger partial charge in [-0.1, -0.05) is 30.3 Å². The Morgan fingerprint density at radius 3 is 2.61 bits per heavy atom. The number of hydrogen-bond acceptors (Lipinski definition) is 4. The van der Waals surface area contributed by atoms with Gasteiger partial charge in [-0.25, -0.2) is 9.82 Å².